The van der Waals surface area contributed by atoms with E-state index < -0.39 is 11.5 Å². The number of aliphatic hydroxyl groups is 1. The summed E-state index contributed by atoms with van der Waals surface area (Å²) in [6.45, 7) is 6.01. The molecule has 0 radical (unpaired) electrons. The van der Waals surface area contributed by atoms with E-state index in [1.165, 1.54) is 0 Å². The maximum absolute atomic E-state index is 13.1. The minimum absolute atomic E-state index is 0.0629. The molecule has 0 heterocycles. The lowest BCUT2D eigenvalue weighted by Gasteiger charge is -2.39. The summed E-state index contributed by atoms with van der Waals surface area (Å²) in [4.78, 5) is 13.1. The van der Waals surface area contributed by atoms with Gasteiger partial charge in [-0.1, -0.05) is 68.7 Å². The van der Waals surface area contributed by atoms with E-state index in [0.29, 0.717) is 19.3 Å². The van der Waals surface area contributed by atoms with E-state index in [9.17, 15) is 9.90 Å². The lowest BCUT2D eigenvalue weighted by atomic mass is 9.70. The lowest BCUT2D eigenvalue weighted by molar-refractivity contribution is -0.128. The average molecular weight is 379 g/mol. The van der Waals surface area contributed by atoms with Crippen LogP contribution in [0.25, 0.3) is 0 Å². The predicted molar refractivity (Wildman–Crippen MR) is 113 cm³/mol. The fourth-order valence-electron chi connectivity index (χ4n) is 4.07. The summed E-state index contributed by atoms with van der Waals surface area (Å²) in [6.07, 6.45) is 5.49. The van der Waals surface area contributed by atoms with Gasteiger partial charge in [-0.3, -0.25) is 4.79 Å². The molecular weight excluding hydrogens is 348 g/mol. The number of para-hydroxylation sites is 1. The van der Waals surface area contributed by atoms with Crippen molar-refractivity contribution in [1.82, 2.24) is 0 Å². The van der Waals surface area contributed by atoms with Gasteiger partial charge in [-0.25, -0.2) is 0 Å². The Morgan fingerprint density at radius 3 is 2.25 bits per heavy atom. The molecule has 0 aromatic heterocycles. The summed E-state index contributed by atoms with van der Waals surface area (Å²) in [5.41, 5.74) is 0.808. The minimum atomic E-state index is -0.967. The molecule has 1 unspecified atom stereocenters. The van der Waals surface area contributed by atoms with Crippen molar-refractivity contribution in [3.63, 3.8) is 0 Å². The molecule has 1 aliphatic carbocycles. The van der Waals surface area contributed by atoms with Crippen molar-refractivity contribution in [2.24, 2.45) is 0 Å². The molecule has 3 nitrogen and oxygen atoms in total. The predicted octanol–water partition coefficient (Wildman–Crippen LogP) is 6.18. The molecule has 0 aliphatic heterocycles. The highest BCUT2D eigenvalue weighted by molar-refractivity contribution is 5.89. The molecule has 1 aliphatic rings. The molecule has 1 atom stereocenters. The number of Topliss-reactive ketones (excluding diaryl/α,β-unsaturated/α-hetero) is 1. The van der Waals surface area contributed by atoms with Crippen LogP contribution in [-0.2, 0) is 4.79 Å². The third-order valence-electron chi connectivity index (χ3n) is 5.70. The number of rotatable bonds is 8. The molecule has 1 saturated carbocycles. The van der Waals surface area contributed by atoms with Crippen molar-refractivity contribution in [2.75, 3.05) is 0 Å². The molecule has 3 rings (SSSR count). The zero-order valence-electron chi connectivity index (χ0n) is 16.7. The fourth-order valence-corrected chi connectivity index (χ4v) is 4.07. The van der Waals surface area contributed by atoms with Crippen LogP contribution in [-0.4, -0.2) is 16.5 Å². The van der Waals surface area contributed by atoms with Crippen LogP contribution in [0.3, 0.4) is 0 Å². The van der Waals surface area contributed by atoms with Crippen molar-refractivity contribution in [3.05, 3.63) is 72.3 Å². The largest absolute Gasteiger partial charge is 0.457 e. The molecule has 148 valence electrons. The smallest absolute Gasteiger partial charge is 0.147 e. The summed E-state index contributed by atoms with van der Waals surface area (Å²) in [5, 5.41) is 11.4. The van der Waals surface area contributed by atoms with Gasteiger partial charge >= 0.3 is 0 Å². The van der Waals surface area contributed by atoms with E-state index in [4.69, 9.17) is 4.74 Å². The number of hydrogen-bond donors (Lipinski definition) is 1. The molecule has 0 bridgehead atoms. The van der Waals surface area contributed by atoms with Gasteiger partial charge in [0.05, 0.1) is 11.5 Å². The van der Waals surface area contributed by atoms with E-state index in [-0.39, 0.29) is 5.78 Å². The molecular formula is C25H30O3. The quantitative estimate of drug-likeness (QED) is 0.558. The number of hydrogen-bond acceptors (Lipinski definition) is 3. The molecule has 28 heavy (non-hydrogen) atoms. The zero-order chi connectivity index (χ0) is 20.0. The van der Waals surface area contributed by atoms with Crippen LogP contribution in [0.1, 0.15) is 63.4 Å². The Hall–Kier alpha value is -2.39. The summed E-state index contributed by atoms with van der Waals surface area (Å²) < 4.78 is 5.86. The van der Waals surface area contributed by atoms with Gasteiger partial charge in [-0.2, -0.15) is 0 Å². The van der Waals surface area contributed by atoms with Crippen molar-refractivity contribution < 1.29 is 14.6 Å². The van der Waals surface area contributed by atoms with E-state index in [1.807, 2.05) is 61.5 Å². The number of allylic oxidation sites excluding steroid dienone is 1. The second-order valence-electron chi connectivity index (χ2n) is 7.83. The van der Waals surface area contributed by atoms with Gasteiger partial charge in [0.2, 0.25) is 0 Å². The van der Waals surface area contributed by atoms with Gasteiger partial charge in [-0.05, 0) is 49.1 Å². The first-order chi connectivity index (χ1) is 13.5. The molecule has 2 aromatic rings. The van der Waals surface area contributed by atoms with Crippen molar-refractivity contribution >= 4 is 5.78 Å². The molecule has 0 spiro atoms. The van der Waals surface area contributed by atoms with Crippen LogP contribution in [0.4, 0.5) is 0 Å². The first-order valence-electron chi connectivity index (χ1n) is 10.3. The Balaban J connectivity index is 1.84. The Bertz CT molecular complexity index is 786. The number of ether oxygens (including phenoxy) is 1. The topological polar surface area (TPSA) is 46.5 Å². The fraction of sp³-hybridized carbons (Fsp3) is 0.400. The SMILES string of the molecule is C=C(CC)CC(=O)C(c1ccc(Oc2ccccc2)cc1)C1(O)CCCCC1. The van der Waals surface area contributed by atoms with Crippen LogP contribution in [0, 0.1) is 0 Å². The van der Waals surface area contributed by atoms with Crippen LogP contribution in [0.15, 0.2) is 66.7 Å². The summed E-state index contributed by atoms with van der Waals surface area (Å²) in [6, 6.07) is 17.2. The third kappa shape index (κ3) is 4.90. The summed E-state index contributed by atoms with van der Waals surface area (Å²) in [5.74, 6) is 1.04. The van der Waals surface area contributed by atoms with E-state index in [2.05, 4.69) is 6.58 Å². The minimum Gasteiger partial charge on any atom is -0.457 e. The van der Waals surface area contributed by atoms with E-state index >= 15 is 0 Å². The van der Waals surface area contributed by atoms with Gasteiger partial charge in [0.1, 0.15) is 17.3 Å². The summed E-state index contributed by atoms with van der Waals surface area (Å²) >= 11 is 0. The second kappa shape index (κ2) is 9.20. The highest BCUT2D eigenvalue weighted by Gasteiger charge is 2.42. The molecule has 1 N–H and O–H groups in total. The Kier molecular flexibility index (Phi) is 6.69. The lowest BCUT2D eigenvalue weighted by Crippen LogP contribution is -2.42. The van der Waals surface area contributed by atoms with Gasteiger partial charge in [0.15, 0.2) is 0 Å². The molecule has 3 heteroatoms. The van der Waals surface area contributed by atoms with Crippen LogP contribution in [0.2, 0.25) is 0 Å². The molecule has 0 saturated heterocycles. The van der Waals surface area contributed by atoms with E-state index in [1.54, 1.807) is 0 Å². The van der Waals surface area contributed by atoms with Crippen molar-refractivity contribution in [3.8, 4) is 11.5 Å². The average Bonchev–Trinajstić information content (AvgIpc) is 2.70. The van der Waals surface area contributed by atoms with Gasteiger partial charge in [-0.15, -0.1) is 0 Å². The normalized spacial score (nSPS) is 16.9. The van der Waals surface area contributed by atoms with E-state index in [0.717, 1.165) is 48.3 Å². The molecule has 0 amide bonds. The monoisotopic (exact) mass is 378 g/mol. The maximum atomic E-state index is 13.1. The number of benzene rings is 2. The van der Waals surface area contributed by atoms with Crippen molar-refractivity contribution in [1.29, 1.82) is 0 Å². The van der Waals surface area contributed by atoms with Gasteiger partial charge in [0.25, 0.3) is 0 Å². The zero-order valence-corrected chi connectivity index (χ0v) is 16.7. The van der Waals surface area contributed by atoms with Crippen LogP contribution in [0.5, 0.6) is 11.5 Å². The second-order valence-corrected chi connectivity index (χ2v) is 7.83. The standard InChI is InChI=1S/C25H30O3/c1-3-19(2)18-23(26)24(25(27)16-8-5-9-17-25)20-12-14-22(15-13-20)28-21-10-6-4-7-11-21/h4,6-7,10-15,24,27H,2-3,5,8-9,16-18H2,1H3. The number of ketones is 1. The van der Waals surface area contributed by atoms with Crippen LogP contribution < -0.4 is 4.74 Å². The van der Waals surface area contributed by atoms with Gasteiger partial charge < -0.3 is 9.84 Å². The Morgan fingerprint density at radius 2 is 1.64 bits per heavy atom. The number of carbonyl (C=O) groups is 1. The maximum Gasteiger partial charge on any atom is 0.147 e. The first kappa shape index (κ1) is 20.3. The third-order valence-corrected chi connectivity index (χ3v) is 5.70. The first-order valence-corrected chi connectivity index (χ1v) is 10.3. The Morgan fingerprint density at radius 1 is 1.04 bits per heavy atom. The number of carbonyl (C=O) groups excluding carboxylic acids is 1. The highest BCUT2D eigenvalue weighted by atomic mass is 16.5. The van der Waals surface area contributed by atoms with Crippen LogP contribution >= 0.6 is 0 Å². The molecule has 1 fully saturated rings. The van der Waals surface area contributed by atoms with Crippen molar-refractivity contribution in [2.45, 2.75) is 63.4 Å². The Labute approximate surface area is 168 Å². The van der Waals surface area contributed by atoms with Gasteiger partial charge in [0, 0.05) is 6.42 Å². The highest BCUT2D eigenvalue weighted by Crippen LogP contribution is 2.42. The summed E-state index contributed by atoms with van der Waals surface area (Å²) in [7, 11) is 0. The molecule has 2 aromatic carbocycles.